The normalized spacial score (nSPS) is 30.5. The molecule has 1 amide bonds. The van der Waals surface area contributed by atoms with E-state index in [0.717, 1.165) is 18.5 Å². The zero-order valence-electron chi connectivity index (χ0n) is 9.45. The van der Waals surface area contributed by atoms with E-state index in [9.17, 15) is 4.79 Å². The van der Waals surface area contributed by atoms with Gasteiger partial charge in [-0.15, -0.1) is 0 Å². The third-order valence-corrected chi connectivity index (χ3v) is 3.96. The van der Waals surface area contributed by atoms with Gasteiger partial charge in [-0.2, -0.15) is 0 Å². The number of anilines is 1. The van der Waals surface area contributed by atoms with Crippen LogP contribution in [0.2, 0.25) is 5.02 Å². The van der Waals surface area contributed by atoms with Crippen LogP contribution in [0.25, 0.3) is 0 Å². The first kappa shape index (κ1) is 11.1. The van der Waals surface area contributed by atoms with E-state index in [-0.39, 0.29) is 11.8 Å². The molecule has 2 fully saturated rings. The second kappa shape index (κ2) is 4.31. The number of carbonyl (C=O) groups excluding carboxylic acids is 1. The Kier molecular flexibility index (Phi) is 2.81. The molecule has 2 N–H and O–H groups in total. The van der Waals surface area contributed by atoms with Crippen molar-refractivity contribution >= 4 is 23.2 Å². The number of halogens is 1. The fourth-order valence-corrected chi connectivity index (χ4v) is 3.11. The highest BCUT2D eigenvalue weighted by molar-refractivity contribution is 6.30. The van der Waals surface area contributed by atoms with Gasteiger partial charge in [0.15, 0.2) is 0 Å². The van der Waals surface area contributed by atoms with E-state index in [0.29, 0.717) is 17.1 Å². The largest absolute Gasteiger partial charge is 0.326 e. The van der Waals surface area contributed by atoms with Crippen molar-refractivity contribution in [2.75, 3.05) is 5.32 Å². The van der Waals surface area contributed by atoms with Crippen molar-refractivity contribution in [2.45, 2.75) is 31.3 Å². The first-order valence-corrected chi connectivity index (χ1v) is 6.42. The van der Waals surface area contributed by atoms with Crippen LogP contribution in [-0.4, -0.2) is 18.0 Å². The lowest BCUT2D eigenvalue weighted by Gasteiger charge is -2.19. The second-order valence-corrected chi connectivity index (χ2v) is 5.33. The number of carbonyl (C=O) groups is 1. The van der Waals surface area contributed by atoms with Gasteiger partial charge in [-0.25, -0.2) is 0 Å². The second-order valence-electron chi connectivity index (χ2n) is 4.89. The molecule has 3 rings (SSSR count). The minimum absolute atomic E-state index is 0.118. The first-order valence-electron chi connectivity index (χ1n) is 6.05. The minimum atomic E-state index is 0.118. The number of hydrogen-bond acceptors (Lipinski definition) is 2. The Morgan fingerprint density at radius 1 is 1.41 bits per heavy atom. The quantitative estimate of drug-likeness (QED) is 0.847. The number of benzene rings is 1. The topological polar surface area (TPSA) is 41.1 Å². The van der Waals surface area contributed by atoms with Crippen LogP contribution in [-0.2, 0) is 4.79 Å². The maximum absolute atomic E-state index is 12.1. The maximum atomic E-state index is 12.1. The van der Waals surface area contributed by atoms with Gasteiger partial charge in [-0.05, 0) is 37.5 Å². The van der Waals surface area contributed by atoms with Crippen LogP contribution in [0.4, 0.5) is 5.69 Å². The summed E-state index contributed by atoms with van der Waals surface area (Å²) >= 11 is 5.89. The Hall–Kier alpha value is -1.06. The number of fused-ring (bicyclic) bond motifs is 2. The van der Waals surface area contributed by atoms with Gasteiger partial charge in [-0.1, -0.05) is 17.7 Å². The summed E-state index contributed by atoms with van der Waals surface area (Å²) < 4.78 is 0. The highest BCUT2D eigenvalue weighted by Crippen LogP contribution is 2.33. The fourth-order valence-electron chi connectivity index (χ4n) is 2.92. The predicted octanol–water partition coefficient (Wildman–Crippen LogP) is 2.42. The van der Waals surface area contributed by atoms with Gasteiger partial charge in [0.25, 0.3) is 0 Å². The molecule has 17 heavy (non-hydrogen) atoms. The molecule has 4 heteroatoms. The van der Waals surface area contributed by atoms with Crippen LogP contribution in [0.5, 0.6) is 0 Å². The predicted molar refractivity (Wildman–Crippen MR) is 68.1 cm³/mol. The van der Waals surface area contributed by atoms with Crippen LogP contribution >= 0.6 is 11.6 Å². The van der Waals surface area contributed by atoms with Gasteiger partial charge in [0.05, 0.1) is 5.92 Å². The summed E-state index contributed by atoms with van der Waals surface area (Å²) in [4.78, 5) is 12.1. The smallest absolute Gasteiger partial charge is 0.229 e. The Morgan fingerprint density at radius 2 is 2.29 bits per heavy atom. The molecule has 3 atom stereocenters. The lowest BCUT2D eigenvalue weighted by molar-refractivity contribution is -0.120. The molecule has 0 aliphatic carbocycles. The number of amides is 1. The highest BCUT2D eigenvalue weighted by Gasteiger charge is 2.42. The molecule has 1 aromatic rings. The van der Waals surface area contributed by atoms with E-state index in [1.165, 1.54) is 6.42 Å². The van der Waals surface area contributed by atoms with Crippen molar-refractivity contribution in [3.63, 3.8) is 0 Å². The monoisotopic (exact) mass is 250 g/mol. The third kappa shape index (κ3) is 2.17. The summed E-state index contributed by atoms with van der Waals surface area (Å²) in [5.41, 5.74) is 0.783. The third-order valence-electron chi connectivity index (χ3n) is 3.73. The molecular weight excluding hydrogens is 236 g/mol. The summed E-state index contributed by atoms with van der Waals surface area (Å²) in [7, 11) is 0. The van der Waals surface area contributed by atoms with Gasteiger partial charge in [-0.3, -0.25) is 4.79 Å². The summed E-state index contributed by atoms with van der Waals surface area (Å²) in [6, 6.07) is 8.21. The number of nitrogens with one attached hydrogen (secondary N) is 2. The van der Waals surface area contributed by atoms with Crippen LogP contribution in [0.15, 0.2) is 24.3 Å². The van der Waals surface area contributed by atoms with Crippen LogP contribution < -0.4 is 10.6 Å². The summed E-state index contributed by atoms with van der Waals surface area (Å²) in [5, 5.41) is 7.06. The molecule has 0 spiro atoms. The van der Waals surface area contributed by atoms with E-state index in [4.69, 9.17) is 11.6 Å². The van der Waals surface area contributed by atoms with Crippen molar-refractivity contribution in [1.29, 1.82) is 0 Å². The molecule has 0 saturated carbocycles. The van der Waals surface area contributed by atoms with Gasteiger partial charge >= 0.3 is 0 Å². The molecule has 2 heterocycles. The van der Waals surface area contributed by atoms with Crippen LogP contribution in [0, 0.1) is 5.92 Å². The standard InChI is InChI=1S/C13H15ClN2O/c14-8-2-1-3-9(6-8)16-13(17)11-7-10-4-5-12(11)15-10/h1-3,6,10-12,15H,4-5,7H2,(H,16,17). The lowest BCUT2D eigenvalue weighted by Crippen LogP contribution is -2.32. The fraction of sp³-hybridized carbons (Fsp3) is 0.462. The molecular formula is C13H15ClN2O. The average molecular weight is 251 g/mol. The molecule has 0 aromatic heterocycles. The van der Waals surface area contributed by atoms with Crippen molar-refractivity contribution in [3.05, 3.63) is 29.3 Å². The average Bonchev–Trinajstić information content (AvgIpc) is 2.90. The Bertz CT molecular complexity index is 449. The highest BCUT2D eigenvalue weighted by atomic mass is 35.5. The Morgan fingerprint density at radius 3 is 2.94 bits per heavy atom. The van der Waals surface area contributed by atoms with Gasteiger partial charge in [0, 0.05) is 22.8 Å². The van der Waals surface area contributed by atoms with Crippen molar-refractivity contribution < 1.29 is 4.79 Å². The van der Waals surface area contributed by atoms with Crippen LogP contribution in [0.3, 0.4) is 0 Å². The molecule has 3 unspecified atom stereocenters. The zero-order valence-corrected chi connectivity index (χ0v) is 10.2. The molecule has 1 aromatic carbocycles. The molecule has 2 saturated heterocycles. The van der Waals surface area contributed by atoms with Gasteiger partial charge in [0.2, 0.25) is 5.91 Å². The van der Waals surface area contributed by atoms with E-state index < -0.39 is 0 Å². The lowest BCUT2D eigenvalue weighted by atomic mass is 9.88. The van der Waals surface area contributed by atoms with Crippen molar-refractivity contribution in [1.82, 2.24) is 5.32 Å². The van der Waals surface area contributed by atoms with Crippen LogP contribution in [0.1, 0.15) is 19.3 Å². The Balaban J connectivity index is 1.68. The summed E-state index contributed by atoms with van der Waals surface area (Å²) in [6.07, 6.45) is 3.31. The van der Waals surface area contributed by atoms with Crippen molar-refractivity contribution in [3.8, 4) is 0 Å². The van der Waals surface area contributed by atoms with Gasteiger partial charge < -0.3 is 10.6 Å². The molecule has 90 valence electrons. The summed E-state index contributed by atoms with van der Waals surface area (Å²) in [6.45, 7) is 0. The number of hydrogen-bond donors (Lipinski definition) is 2. The van der Waals surface area contributed by atoms with E-state index >= 15 is 0 Å². The molecule has 2 bridgehead atoms. The molecule has 0 radical (unpaired) electrons. The summed E-state index contributed by atoms with van der Waals surface area (Å²) in [5.74, 6) is 0.236. The number of rotatable bonds is 2. The SMILES string of the molecule is O=C(Nc1cccc(Cl)c1)C1CC2CCC1N2. The first-order chi connectivity index (χ1) is 8.22. The zero-order chi connectivity index (χ0) is 11.8. The maximum Gasteiger partial charge on any atom is 0.229 e. The van der Waals surface area contributed by atoms with E-state index in [2.05, 4.69) is 10.6 Å². The molecule has 2 aliphatic rings. The Labute approximate surface area is 106 Å². The van der Waals surface area contributed by atoms with Crippen molar-refractivity contribution in [2.24, 2.45) is 5.92 Å². The molecule has 3 nitrogen and oxygen atoms in total. The molecule has 2 aliphatic heterocycles. The van der Waals surface area contributed by atoms with Gasteiger partial charge in [0.1, 0.15) is 0 Å². The minimum Gasteiger partial charge on any atom is -0.326 e. The van der Waals surface area contributed by atoms with E-state index in [1.807, 2.05) is 12.1 Å². The van der Waals surface area contributed by atoms with E-state index in [1.54, 1.807) is 12.1 Å².